The lowest BCUT2D eigenvalue weighted by Gasteiger charge is -2.37. The Kier molecular flexibility index (Phi) is 4.17. The molecule has 0 aromatic heterocycles. The van der Waals surface area contributed by atoms with Crippen LogP contribution < -0.4 is 5.32 Å². The van der Waals surface area contributed by atoms with E-state index >= 15 is 0 Å². The second-order valence-electron chi connectivity index (χ2n) is 6.61. The Morgan fingerprint density at radius 3 is 2.60 bits per heavy atom. The maximum Gasteiger partial charge on any atom is 0.317 e. The summed E-state index contributed by atoms with van der Waals surface area (Å²) < 4.78 is 5.69. The van der Waals surface area contributed by atoms with Crippen LogP contribution in [-0.4, -0.2) is 66.3 Å². The van der Waals surface area contributed by atoms with Gasteiger partial charge < -0.3 is 15.0 Å². The maximum atomic E-state index is 12.5. The smallest absolute Gasteiger partial charge is 0.317 e. The lowest BCUT2D eigenvalue weighted by atomic mass is 9.99. The highest BCUT2D eigenvalue weighted by molar-refractivity contribution is 5.74. The van der Waals surface area contributed by atoms with Gasteiger partial charge in [-0.3, -0.25) is 4.90 Å². The van der Waals surface area contributed by atoms with Crippen LogP contribution in [0.1, 0.15) is 39.5 Å². The van der Waals surface area contributed by atoms with E-state index in [0.29, 0.717) is 25.2 Å². The van der Waals surface area contributed by atoms with Crippen LogP contribution in [0, 0.1) is 0 Å². The van der Waals surface area contributed by atoms with Gasteiger partial charge in [0.05, 0.1) is 12.2 Å². The zero-order chi connectivity index (χ0) is 14.1. The molecule has 3 aliphatic heterocycles. The van der Waals surface area contributed by atoms with Crippen molar-refractivity contribution in [2.75, 3.05) is 26.2 Å². The first-order valence-corrected chi connectivity index (χ1v) is 8.08. The fourth-order valence-electron chi connectivity index (χ4n) is 4.01. The predicted molar refractivity (Wildman–Crippen MR) is 77.7 cm³/mol. The molecule has 3 fully saturated rings. The molecule has 4 atom stereocenters. The van der Waals surface area contributed by atoms with E-state index in [4.69, 9.17) is 4.74 Å². The minimum absolute atomic E-state index is 0.101. The van der Waals surface area contributed by atoms with Gasteiger partial charge in [0.2, 0.25) is 0 Å². The molecule has 3 aliphatic rings. The Morgan fingerprint density at radius 2 is 1.85 bits per heavy atom. The highest BCUT2D eigenvalue weighted by Crippen LogP contribution is 2.27. The standard InChI is InChI=1S/C15H27N3O2/c1-11-9-18(10-12(2)20-11)15(19)16-13-6-8-17-7-4-3-5-14(13)17/h11-14H,3-10H2,1-2H3,(H,16,19). The Bertz CT molecular complexity index is 353. The third-order valence-electron chi connectivity index (χ3n) is 4.87. The van der Waals surface area contributed by atoms with Gasteiger partial charge in [0.1, 0.15) is 0 Å². The van der Waals surface area contributed by atoms with Gasteiger partial charge in [-0.05, 0) is 39.7 Å². The number of urea groups is 1. The van der Waals surface area contributed by atoms with Crippen molar-refractivity contribution in [3.8, 4) is 0 Å². The third-order valence-corrected chi connectivity index (χ3v) is 4.87. The Hall–Kier alpha value is -0.810. The SMILES string of the molecule is CC1CN(C(=O)NC2CCN3CCCCC23)CC(C)O1. The van der Waals surface area contributed by atoms with Crippen molar-refractivity contribution >= 4 is 6.03 Å². The third kappa shape index (κ3) is 2.93. The normalized spacial score (nSPS) is 38.6. The molecule has 3 heterocycles. The highest BCUT2D eigenvalue weighted by atomic mass is 16.5. The Morgan fingerprint density at radius 1 is 1.10 bits per heavy atom. The number of morpholine rings is 1. The molecule has 1 N–H and O–H groups in total. The van der Waals surface area contributed by atoms with E-state index in [-0.39, 0.29) is 18.2 Å². The number of rotatable bonds is 1. The molecule has 5 nitrogen and oxygen atoms in total. The number of fused-ring (bicyclic) bond motifs is 1. The molecule has 3 saturated heterocycles. The molecule has 0 bridgehead atoms. The van der Waals surface area contributed by atoms with Crippen LogP contribution in [0.4, 0.5) is 4.79 Å². The topological polar surface area (TPSA) is 44.8 Å². The lowest BCUT2D eigenvalue weighted by molar-refractivity contribution is -0.0548. The Balaban J connectivity index is 1.56. The fraction of sp³-hybridized carbons (Fsp3) is 0.933. The van der Waals surface area contributed by atoms with Crippen LogP contribution in [0.3, 0.4) is 0 Å². The van der Waals surface area contributed by atoms with Crippen LogP contribution in [-0.2, 0) is 4.74 Å². The predicted octanol–water partition coefficient (Wildman–Crippen LogP) is 1.43. The zero-order valence-electron chi connectivity index (χ0n) is 12.7. The summed E-state index contributed by atoms with van der Waals surface area (Å²) >= 11 is 0. The van der Waals surface area contributed by atoms with Gasteiger partial charge in [-0.1, -0.05) is 6.42 Å². The molecule has 2 amide bonds. The molecule has 0 aromatic rings. The van der Waals surface area contributed by atoms with Crippen molar-refractivity contribution in [3.63, 3.8) is 0 Å². The summed E-state index contributed by atoms with van der Waals surface area (Å²) in [6, 6.07) is 1.02. The molecule has 5 heteroatoms. The van der Waals surface area contributed by atoms with Gasteiger partial charge >= 0.3 is 6.03 Å². The van der Waals surface area contributed by atoms with E-state index in [0.717, 1.165) is 13.0 Å². The molecule has 4 unspecified atom stereocenters. The zero-order valence-corrected chi connectivity index (χ0v) is 12.7. The number of piperidine rings is 1. The average molecular weight is 281 g/mol. The summed E-state index contributed by atoms with van der Waals surface area (Å²) in [4.78, 5) is 16.9. The monoisotopic (exact) mass is 281 g/mol. The molecule has 20 heavy (non-hydrogen) atoms. The minimum atomic E-state index is 0.101. The molecule has 0 radical (unpaired) electrons. The van der Waals surface area contributed by atoms with E-state index in [9.17, 15) is 4.79 Å². The molecule has 0 spiro atoms. The Labute approximate surface area is 121 Å². The van der Waals surface area contributed by atoms with Gasteiger partial charge in [-0.25, -0.2) is 4.79 Å². The van der Waals surface area contributed by atoms with Crippen LogP contribution >= 0.6 is 0 Å². The molecule has 0 saturated carbocycles. The molecular weight excluding hydrogens is 254 g/mol. The van der Waals surface area contributed by atoms with E-state index in [1.807, 2.05) is 18.7 Å². The maximum absolute atomic E-state index is 12.5. The summed E-state index contributed by atoms with van der Waals surface area (Å²) in [5.74, 6) is 0. The first-order valence-electron chi connectivity index (χ1n) is 8.08. The first-order chi connectivity index (χ1) is 9.63. The van der Waals surface area contributed by atoms with Crippen LogP contribution in [0.2, 0.25) is 0 Å². The van der Waals surface area contributed by atoms with Crippen molar-refractivity contribution < 1.29 is 9.53 Å². The summed E-state index contributed by atoms with van der Waals surface area (Å²) in [5.41, 5.74) is 0. The van der Waals surface area contributed by atoms with E-state index in [2.05, 4.69) is 10.2 Å². The van der Waals surface area contributed by atoms with E-state index < -0.39 is 0 Å². The summed E-state index contributed by atoms with van der Waals surface area (Å²) in [5, 5.41) is 3.28. The largest absolute Gasteiger partial charge is 0.372 e. The fourth-order valence-corrected chi connectivity index (χ4v) is 4.01. The van der Waals surface area contributed by atoms with Crippen molar-refractivity contribution in [2.24, 2.45) is 0 Å². The van der Waals surface area contributed by atoms with Gasteiger partial charge in [-0.15, -0.1) is 0 Å². The number of nitrogens with one attached hydrogen (secondary N) is 1. The number of carbonyl (C=O) groups excluding carboxylic acids is 1. The average Bonchev–Trinajstić information content (AvgIpc) is 2.81. The summed E-state index contributed by atoms with van der Waals surface area (Å²) in [7, 11) is 0. The van der Waals surface area contributed by atoms with Gasteiger partial charge in [0.15, 0.2) is 0 Å². The molecule has 0 aromatic carbocycles. The quantitative estimate of drug-likeness (QED) is 0.791. The number of amides is 2. The molecule has 3 rings (SSSR count). The van der Waals surface area contributed by atoms with E-state index in [1.54, 1.807) is 0 Å². The number of hydrogen-bond acceptors (Lipinski definition) is 3. The van der Waals surface area contributed by atoms with Crippen LogP contribution in [0.25, 0.3) is 0 Å². The van der Waals surface area contributed by atoms with Gasteiger partial charge in [0, 0.05) is 31.7 Å². The van der Waals surface area contributed by atoms with Crippen molar-refractivity contribution in [3.05, 3.63) is 0 Å². The number of ether oxygens (including phenoxy) is 1. The van der Waals surface area contributed by atoms with Gasteiger partial charge in [-0.2, -0.15) is 0 Å². The van der Waals surface area contributed by atoms with Crippen LogP contribution in [0.5, 0.6) is 0 Å². The van der Waals surface area contributed by atoms with Gasteiger partial charge in [0.25, 0.3) is 0 Å². The minimum Gasteiger partial charge on any atom is -0.372 e. The highest BCUT2D eigenvalue weighted by Gasteiger charge is 2.37. The number of carbonyl (C=O) groups is 1. The van der Waals surface area contributed by atoms with Crippen LogP contribution in [0.15, 0.2) is 0 Å². The van der Waals surface area contributed by atoms with Crippen molar-refractivity contribution in [1.29, 1.82) is 0 Å². The summed E-state index contributed by atoms with van der Waals surface area (Å²) in [6.07, 6.45) is 5.24. The number of hydrogen-bond donors (Lipinski definition) is 1. The summed E-state index contributed by atoms with van der Waals surface area (Å²) in [6.45, 7) is 7.84. The first kappa shape index (κ1) is 14.1. The second-order valence-corrected chi connectivity index (χ2v) is 6.61. The van der Waals surface area contributed by atoms with Crippen molar-refractivity contribution in [2.45, 2.75) is 63.8 Å². The lowest BCUT2D eigenvalue weighted by Crippen LogP contribution is -2.55. The second kappa shape index (κ2) is 5.90. The van der Waals surface area contributed by atoms with E-state index in [1.165, 1.54) is 25.8 Å². The molecular formula is C15H27N3O2. The number of nitrogens with zero attached hydrogens (tertiary/aromatic N) is 2. The molecule has 0 aliphatic carbocycles. The molecule has 114 valence electrons. The van der Waals surface area contributed by atoms with Crippen molar-refractivity contribution in [1.82, 2.24) is 15.1 Å².